The molecule has 1 N–H and O–H groups in total. The van der Waals surface area contributed by atoms with E-state index in [1.807, 2.05) is 0 Å². The van der Waals surface area contributed by atoms with Crippen molar-refractivity contribution in [2.45, 2.75) is 25.7 Å². The number of carbonyl (C=O) groups excluding carboxylic acids is 1. The first-order valence-electron chi connectivity index (χ1n) is 6.78. The number of rotatable bonds is 5. The van der Waals surface area contributed by atoms with Crippen LogP contribution in [0.15, 0.2) is 18.2 Å². The lowest BCUT2D eigenvalue weighted by atomic mass is 10.1. The second-order valence-corrected chi connectivity index (χ2v) is 5.67. The molecule has 0 atom stereocenters. The minimum absolute atomic E-state index is 0.276. The molecule has 1 heterocycles. The number of benzene rings is 1. The van der Waals surface area contributed by atoms with E-state index in [4.69, 9.17) is 28.0 Å². The van der Waals surface area contributed by atoms with Crippen LogP contribution < -0.4 is 5.48 Å². The molecular formula is C14H18Cl2N2O2. The lowest BCUT2D eigenvalue weighted by Gasteiger charge is -2.25. The van der Waals surface area contributed by atoms with Gasteiger partial charge in [0.05, 0.1) is 22.2 Å². The fourth-order valence-electron chi connectivity index (χ4n) is 2.16. The van der Waals surface area contributed by atoms with Crippen LogP contribution in [-0.2, 0) is 9.63 Å². The summed E-state index contributed by atoms with van der Waals surface area (Å²) in [6.07, 6.45) is 4.11. The van der Waals surface area contributed by atoms with Crippen LogP contribution in [0, 0.1) is 0 Å². The van der Waals surface area contributed by atoms with E-state index in [2.05, 4.69) is 10.4 Å². The van der Waals surface area contributed by atoms with Crippen molar-refractivity contribution in [3.8, 4) is 0 Å². The highest BCUT2D eigenvalue weighted by Crippen LogP contribution is 2.24. The second-order valence-electron chi connectivity index (χ2n) is 4.86. The zero-order valence-corrected chi connectivity index (χ0v) is 12.7. The molecule has 2 rings (SSSR count). The van der Waals surface area contributed by atoms with Gasteiger partial charge in [0, 0.05) is 6.54 Å². The van der Waals surface area contributed by atoms with E-state index < -0.39 is 0 Å². The average molecular weight is 317 g/mol. The van der Waals surface area contributed by atoms with E-state index in [0.717, 1.165) is 19.6 Å². The lowest BCUT2D eigenvalue weighted by Crippen LogP contribution is -2.32. The Morgan fingerprint density at radius 3 is 2.65 bits per heavy atom. The van der Waals surface area contributed by atoms with Crippen molar-refractivity contribution in [3.05, 3.63) is 28.2 Å². The highest BCUT2D eigenvalue weighted by Gasteiger charge is 2.12. The summed E-state index contributed by atoms with van der Waals surface area (Å²) in [5, 5.41) is 0.884. The van der Waals surface area contributed by atoms with Gasteiger partial charge in [-0.15, -0.1) is 0 Å². The molecule has 6 heteroatoms. The third kappa shape index (κ3) is 4.85. The van der Waals surface area contributed by atoms with Crippen molar-refractivity contribution in [1.29, 1.82) is 0 Å². The summed E-state index contributed by atoms with van der Waals surface area (Å²) in [6.45, 7) is 2.91. The Labute approximate surface area is 128 Å². The van der Waals surface area contributed by atoms with E-state index in [0.29, 0.717) is 22.2 Å². The van der Waals surface area contributed by atoms with Crippen molar-refractivity contribution in [2.75, 3.05) is 25.1 Å². The van der Waals surface area contributed by atoms with Gasteiger partial charge in [0.25, 0.3) is 0 Å². The largest absolute Gasteiger partial charge is 0.343 e. The second kappa shape index (κ2) is 7.72. The summed E-state index contributed by atoms with van der Waals surface area (Å²) in [4.78, 5) is 18.9. The molecule has 0 unspecified atom stereocenters. The molecule has 0 aliphatic carbocycles. The topological polar surface area (TPSA) is 41.6 Å². The SMILES string of the molecule is O=C(CCN1CCCCC1)ONc1ccc(Cl)c(Cl)c1. The Balaban J connectivity index is 1.70. The molecule has 0 aromatic heterocycles. The van der Waals surface area contributed by atoms with Crippen molar-refractivity contribution in [3.63, 3.8) is 0 Å². The van der Waals surface area contributed by atoms with Crippen molar-refractivity contribution < 1.29 is 9.63 Å². The van der Waals surface area contributed by atoms with Crippen LogP contribution in [0.4, 0.5) is 5.69 Å². The molecule has 0 bridgehead atoms. The molecule has 1 aromatic carbocycles. The summed E-state index contributed by atoms with van der Waals surface area (Å²) in [7, 11) is 0. The van der Waals surface area contributed by atoms with Crippen molar-refractivity contribution in [2.24, 2.45) is 0 Å². The zero-order valence-electron chi connectivity index (χ0n) is 11.2. The molecule has 110 valence electrons. The van der Waals surface area contributed by atoms with E-state index in [-0.39, 0.29) is 5.97 Å². The molecule has 0 amide bonds. The van der Waals surface area contributed by atoms with Gasteiger partial charge in [-0.3, -0.25) is 0 Å². The Morgan fingerprint density at radius 2 is 1.95 bits per heavy atom. The maximum atomic E-state index is 11.6. The summed E-state index contributed by atoms with van der Waals surface area (Å²) in [6, 6.07) is 4.96. The number of nitrogens with one attached hydrogen (secondary N) is 1. The van der Waals surface area contributed by atoms with E-state index >= 15 is 0 Å². The summed E-state index contributed by atoms with van der Waals surface area (Å²) in [5.41, 5.74) is 3.19. The number of nitrogens with zero attached hydrogens (tertiary/aromatic N) is 1. The van der Waals surface area contributed by atoms with Crippen molar-refractivity contribution >= 4 is 34.9 Å². The molecule has 1 aliphatic heterocycles. The van der Waals surface area contributed by atoms with Gasteiger partial charge in [0.15, 0.2) is 0 Å². The average Bonchev–Trinajstić information content (AvgIpc) is 2.47. The summed E-state index contributed by atoms with van der Waals surface area (Å²) in [5.74, 6) is -0.276. The standard InChI is InChI=1S/C14H18Cl2N2O2/c15-12-5-4-11(10-13(12)16)17-20-14(19)6-9-18-7-2-1-3-8-18/h4-5,10,17H,1-3,6-9H2. The summed E-state index contributed by atoms with van der Waals surface area (Å²) >= 11 is 11.7. The predicted octanol–water partition coefficient (Wildman–Crippen LogP) is 3.74. The van der Waals surface area contributed by atoms with Gasteiger partial charge < -0.3 is 9.74 Å². The highest BCUT2D eigenvalue weighted by molar-refractivity contribution is 6.42. The number of piperidine rings is 1. The maximum Gasteiger partial charge on any atom is 0.333 e. The van der Waals surface area contributed by atoms with E-state index in [1.165, 1.54) is 19.3 Å². The van der Waals surface area contributed by atoms with Crippen LogP contribution in [0.2, 0.25) is 10.0 Å². The lowest BCUT2D eigenvalue weighted by molar-refractivity contribution is -0.141. The van der Waals surface area contributed by atoms with Crippen LogP contribution in [0.25, 0.3) is 0 Å². The molecule has 1 aliphatic rings. The van der Waals surface area contributed by atoms with Gasteiger partial charge in [-0.1, -0.05) is 29.6 Å². The number of hydrogen-bond acceptors (Lipinski definition) is 4. The van der Waals surface area contributed by atoms with Gasteiger partial charge in [-0.2, -0.15) is 0 Å². The first kappa shape index (κ1) is 15.4. The Hall–Kier alpha value is -0.970. The minimum Gasteiger partial charge on any atom is -0.343 e. The minimum atomic E-state index is -0.276. The molecule has 1 saturated heterocycles. The van der Waals surface area contributed by atoms with Gasteiger partial charge in [-0.05, 0) is 44.1 Å². The molecule has 0 spiro atoms. The Bertz CT molecular complexity index is 462. The monoisotopic (exact) mass is 316 g/mol. The van der Waals surface area contributed by atoms with Gasteiger partial charge in [0.2, 0.25) is 0 Å². The fourth-order valence-corrected chi connectivity index (χ4v) is 2.46. The Kier molecular flexibility index (Phi) is 5.95. The molecule has 0 radical (unpaired) electrons. The van der Waals surface area contributed by atoms with E-state index in [9.17, 15) is 4.79 Å². The normalized spacial score (nSPS) is 15.9. The molecule has 20 heavy (non-hydrogen) atoms. The number of likely N-dealkylation sites (tertiary alicyclic amines) is 1. The maximum absolute atomic E-state index is 11.6. The number of halogens is 2. The third-order valence-electron chi connectivity index (χ3n) is 3.28. The molecule has 0 saturated carbocycles. The number of carbonyl (C=O) groups is 1. The first-order valence-corrected chi connectivity index (χ1v) is 7.54. The fraction of sp³-hybridized carbons (Fsp3) is 0.500. The van der Waals surface area contributed by atoms with Gasteiger partial charge in [0.1, 0.15) is 0 Å². The van der Waals surface area contributed by atoms with Crippen LogP contribution in [0.3, 0.4) is 0 Å². The van der Waals surface area contributed by atoms with Crippen molar-refractivity contribution in [1.82, 2.24) is 4.90 Å². The molecule has 1 aromatic rings. The van der Waals surface area contributed by atoms with Crippen LogP contribution >= 0.6 is 23.2 Å². The zero-order chi connectivity index (χ0) is 14.4. The first-order chi connectivity index (χ1) is 9.65. The van der Waals surface area contributed by atoms with Crippen LogP contribution in [0.5, 0.6) is 0 Å². The molecule has 4 nitrogen and oxygen atoms in total. The number of anilines is 1. The van der Waals surface area contributed by atoms with Crippen LogP contribution in [-0.4, -0.2) is 30.5 Å². The van der Waals surface area contributed by atoms with Gasteiger partial charge in [-0.25, -0.2) is 10.3 Å². The smallest absolute Gasteiger partial charge is 0.333 e. The van der Waals surface area contributed by atoms with Crippen LogP contribution in [0.1, 0.15) is 25.7 Å². The quantitative estimate of drug-likeness (QED) is 0.840. The Morgan fingerprint density at radius 1 is 1.20 bits per heavy atom. The van der Waals surface area contributed by atoms with E-state index in [1.54, 1.807) is 18.2 Å². The number of hydrogen-bond donors (Lipinski definition) is 1. The molecular weight excluding hydrogens is 299 g/mol. The predicted molar refractivity (Wildman–Crippen MR) is 81.1 cm³/mol. The molecule has 1 fully saturated rings. The highest BCUT2D eigenvalue weighted by atomic mass is 35.5. The summed E-state index contributed by atoms with van der Waals surface area (Å²) < 4.78 is 0. The van der Waals surface area contributed by atoms with Gasteiger partial charge >= 0.3 is 5.97 Å². The third-order valence-corrected chi connectivity index (χ3v) is 4.02.